The molecule has 1 N–H and O–H groups in total. The Morgan fingerprint density at radius 1 is 1.38 bits per heavy atom. The van der Waals surface area contributed by atoms with E-state index in [1.165, 1.54) is 6.07 Å². The van der Waals surface area contributed by atoms with E-state index in [0.29, 0.717) is 13.1 Å². The molecular weight excluding hydrogens is 333 g/mol. The van der Waals surface area contributed by atoms with Crippen LogP contribution in [0.1, 0.15) is 24.1 Å². The van der Waals surface area contributed by atoms with Gasteiger partial charge in [-0.25, -0.2) is 4.39 Å². The van der Waals surface area contributed by atoms with Crippen LogP contribution in [0.5, 0.6) is 0 Å². The lowest BCUT2D eigenvalue weighted by Crippen LogP contribution is -2.38. The molecule has 2 heterocycles. The number of amides is 1. The first-order valence-electron chi connectivity index (χ1n) is 8.90. The Bertz CT molecular complexity index is 733. The maximum atomic E-state index is 13.9. The Morgan fingerprint density at radius 3 is 3.00 bits per heavy atom. The quantitative estimate of drug-likeness (QED) is 0.827. The van der Waals surface area contributed by atoms with Crippen LogP contribution in [0.2, 0.25) is 0 Å². The Hall–Kier alpha value is -2.31. The van der Waals surface area contributed by atoms with Gasteiger partial charge in [0.05, 0.1) is 24.0 Å². The summed E-state index contributed by atoms with van der Waals surface area (Å²) in [7, 11) is 0. The molecule has 138 valence electrons. The number of aromatic nitrogens is 1. The smallest absolute Gasteiger partial charge is 0.238 e. The first-order chi connectivity index (χ1) is 12.6. The van der Waals surface area contributed by atoms with Crippen molar-refractivity contribution in [2.45, 2.75) is 32.4 Å². The van der Waals surface area contributed by atoms with Gasteiger partial charge in [-0.2, -0.15) is 0 Å². The van der Waals surface area contributed by atoms with Crippen LogP contribution in [0, 0.1) is 12.7 Å². The number of pyridine rings is 1. The van der Waals surface area contributed by atoms with Gasteiger partial charge in [-0.1, -0.05) is 12.1 Å². The molecule has 0 aliphatic carbocycles. The molecule has 0 saturated carbocycles. The number of hydrogen-bond acceptors (Lipinski definition) is 4. The highest BCUT2D eigenvalue weighted by atomic mass is 19.1. The molecule has 1 aromatic heterocycles. The second-order valence-corrected chi connectivity index (χ2v) is 6.66. The summed E-state index contributed by atoms with van der Waals surface area (Å²) in [6.45, 7) is 3.98. The molecule has 2 aromatic rings. The average molecular weight is 357 g/mol. The molecule has 1 amide bonds. The van der Waals surface area contributed by atoms with Crippen molar-refractivity contribution in [1.82, 2.24) is 9.88 Å². The Labute approximate surface area is 153 Å². The number of halogens is 1. The molecular formula is C20H24FN3O2. The van der Waals surface area contributed by atoms with E-state index >= 15 is 0 Å². The van der Waals surface area contributed by atoms with Gasteiger partial charge in [0.1, 0.15) is 5.82 Å². The predicted octanol–water partition coefficient (Wildman–Crippen LogP) is 3.15. The van der Waals surface area contributed by atoms with Gasteiger partial charge in [0.2, 0.25) is 5.91 Å². The molecule has 1 atom stereocenters. The highest BCUT2D eigenvalue weighted by Gasteiger charge is 2.21. The molecule has 0 bridgehead atoms. The Morgan fingerprint density at radius 2 is 2.27 bits per heavy atom. The van der Waals surface area contributed by atoms with Gasteiger partial charge in [-0.3, -0.25) is 14.7 Å². The SMILES string of the molecule is Cc1ccc(F)c(NC(=O)CN(Cc2ccccn2)C[C@@H]2CCCO2)c1. The summed E-state index contributed by atoms with van der Waals surface area (Å²) >= 11 is 0. The summed E-state index contributed by atoms with van der Waals surface area (Å²) in [5.41, 5.74) is 2.00. The molecule has 1 fully saturated rings. The zero-order valence-electron chi connectivity index (χ0n) is 15.0. The van der Waals surface area contributed by atoms with Gasteiger partial charge in [-0.15, -0.1) is 0 Å². The van der Waals surface area contributed by atoms with E-state index in [9.17, 15) is 9.18 Å². The lowest BCUT2D eigenvalue weighted by molar-refractivity contribution is -0.117. The summed E-state index contributed by atoms with van der Waals surface area (Å²) in [5, 5.41) is 2.68. The van der Waals surface area contributed by atoms with Crippen molar-refractivity contribution in [2.75, 3.05) is 25.0 Å². The topological polar surface area (TPSA) is 54.5 Å². The fourth-order valence-corrected chi connectivity index (χ4v) is 3.11. The lowest BCUT2D eigenvalue weighted by Gasteiger charge is -2.24. The van der Waals surface area contributed by atoms with Crippen molar-refractivity contribution >= 4 is 11.6 Å². The number of ether oxygens (including phenoxy) is 1. The van der Waals surface area contributed by atoms with E-state index in [4.69, 9.17) is 4.74 Å². The van der Waals surface area contributed by atoms with Gasteiger partial charge in [0.25, 0.3) is 0 Å². The first-order valence-corrected chi connectivity index (χ1v) is 8.90. The summed E-state index contributed by atoms with van der Waals surface area (Å²) in [5.74, 6) is -0.678. The third-order valence-corrected chi connectivity index (χ3v) is 4.36. The van der Waals surface area contributed by atoms with Crippen molar-refractivity contribution in [3.8, 4) is 0 Å². The van der Waals surface area contributed by atoms with Crippen LogP contribution in [0.3, 0.4) is 0 Å². The second kappa shape index (κ2) is 8.87. The fraction of sp³-hybridized carbons (Fsp3) is 0.400. The largest absolute Gasteiger partial charge is 0.377 e. The maximum absolute atomic E-state index is 13.9. The average Bonchev–Trinajstić information content (AvgIpc) is 3.12. The summed E-state index contributed by atoms with van der Waals surface area (Å²) < 4.78 is 19.6. The Balaban J connectivity index is 1.65. The van der Waals surface area contributed by atoms with Crippen molar-refractivity contribution in [3.63, 3.8) is 0 Å². The van der Waals surface area contributed by atoms with Crippen molar-refractivity contribution in [3.05, 3.63) is 59.7 Å². The van der Waals surface area contributed by atoms with Crippen LogP contribution in [0.25, 0.3) is 0 Å². The normalized spacial score (nSPS) is 16.8. The fourth-order valence-electron chi connectivity index (χ4n) is 3.11. The minimum Gasteiger partial charge on any atom is -0.377 e. The number of nitrogens with zero attached hydrogens (tertiary/aromatic N) is 2. The summed E-state index contributed by atoms with van der Waals surface area (Å²) in [6.07, 6.45) is 3.90. The van der Waals surface area contributed by atoms with Crippen LogP contribution in [-0.4, -0.2) is 41.6 Å². The molecule has 3 rings (SSSR count). The zero-order valence-corrected chi connectivity index (χ0v) is 15.0. The molecule has 1 aromatic carbocycles. The molecule has 0 unspecified atom stereocenters. The molecule has 1 saturated heterocycles. The molecule has 0 spiro atoms. The number of nitrogens with one attached hydrogen (secondary N) is 1. The number of carbonyl (C=O) groups excluding carboxylic acids is 1. The summed E-state index contributed by atoms with van der Waals surface area (Å²) in [4.78, 5) is 18.8. The van der Waals surface area contributed by atoms with E-state index < -0.39 is 5.82 Å². The molecule has 5 nitrogen and oxygen atoms in total. The highest BCUT2D eigenvalue weighted by Crippen LogP contribution is 2.17. The van der Waals surface area contributed by atoms with Gasteiger partial charge < -0.3 is 10.1 Å². The molecule has 1 aliphatic heterocycles. The van der Waals surface area contributed by atoms with Crippen molar-refractivity contribution in [1.29, 1.82) is 0 Å². The van der Waals surface area contributed by atoms with Gasteiger partial charge in [0, 0.05) is 25.9 Å². The summed E-state index contributed by atoms with van der Waals surface area (Å²) in [6, 6.07) is 10.4. The van der Waals surface area contributed by atoms with Crippen LogP contribution < -0.4 is 5.32 Å². The number of anilines is 1. The maximum Gasteiger partial charge on any atom is 0.238 e. The predicted molar refractivity (Wildman–Crippen MR) is 98.3 cm³/mol. The van der Waals surface area contributed by atoms with Crippen LogP contribution in [0.4, 0.5) is 10.1 Å². The number of aryl methyl sites for hydroxylation is 1. The highest BCUT2D eigenvalue weighted by molar-refractivity contribution is 5.92. The van der Waals surface area contributed by atoms with E-state index in [1.807, 2.05) is 30.0 Å². The van der Waals surface area contributed by atoms with Gasteiger partial charge >= 0.3 is 0 Å². The third kappa shape index (κ3) is 5.34. The van der Waals surface area contributed by atoms with Crippen molar-refractivity contribution in [2.24, 2.45) is 0 Å². The first kappa shape index (κ1) is 18.5. The third-order valence-electron chi connectivity index (χ3n) is 4.36. The van der Waals surface area contributed by atoms with Gasteiger partial charge in [-0.05, 0) is 49.6 Å². The minimum absolute atomic E-state index is 0.127. The molecule has 1 aliphatic rings. The van der Waals surface area contributed by atoms with Crippen molar-refractivity contribution < 1.29 is 13.9 Å². The van der Waals surface area contributed by atoms with E-state index in [2.05, 4.69) is 10.3 Å². The van der Waals surface area contributed by atoms with E-state index in [-0.39, 0.29) is 24.2 Å². The molecule has 0 radical (unpaired) electrons. The minimum atomic E-state index is -0.431. The standard InChI is InChI=1S/C20H24FN3O2/c1-15-7-8-18(21)19(11-15)23-20(25)14-24(13-17-6-4-10-26-17)12-16-5-2-3-9-22-16/h2-3,5,7-9,11,17H,4,6,10,12-14H2,1H3,(H,23,25)/t17-/m0/s1. The van der Waals surface area contributed by atoms with Gasteiger partial charge in [0.15, 0.2) is 0 Å². The second-order valence-electron chi connectivity index (χ2n) is 6.66. The van der Waals surface area contributed by atoms with Crippen LogP contribution >= 0.6 is 0 Å². The zero-order chi connectivity index (χ0) is 18.4. The van der Waals surface area contributed by atoms with E-state index in [0.717, 1.165) is 30.7 Å². The number of carbonyl (C=O) groups is 1. The number of hydrogen-bond donors (Lipinski definition) is 1. The van der Waals surface area contributed by atoms with Crippen LogP contribution in [-0.2, 0) is 16.1 Å². The Kier molecular flexibility index (Phi) is 6.30. The molecule has 6 heteroatoms. The van der Waals surface area contributed by atoms with E-state index in [1.54, 1.807) is 18.3 Å². The number of rotatable bonds is 7. The monoisotopic (exact) mass is 357 g/mol. The van der Waals surface area contributed by atoms with Crippen LogP contribution in [0.15, 0.2) is 42.6 Å². The number of benzene rings is 1. The molecule has 26 heavy (non-hydrogen) atoms. The lowest BCUT2D eigenvalue weighted by atomic mass is 10.2.